The first kappa shape index (κ1) is 14.2. The molecule has 1 N–H and O–H groups in total. The van der Waals surface area contributed by atoms with Gasteiger partial charge in [0.1, 0.15) is 0 Å². The third kappa shape index (κ3) is 4.15. The lowest BCUT2D eigenvalue weighted by Gasteiger charge is -2.06. The maximum absolute atomic E-state index is 11.6. The van der Waals surface area contributed by atoms with Crippen molar-refractivity contribution >= 4 is 5.91 Å². The predicted molar refractivity (Wildman–Crippen MR) is 73.7 cm³/mol. The van der Waals surface area contributed by atoms with Crippen molar-refractivity contribution in [1.29, 1.82) is 0 Å². The molecule has 2 aromatic heterocycles. The van der Waals surface area contributed by atoms with E-state index in [2.05, 4.69) is 34.3 Å². The average molecular weight is 274 g/mol. The molecule has 1 amide bonds. The van der Waals surface area contributed by atoms with Crippen molar-refractivity contribution in [3.8, 4) is 11.4 Å². The van der Waals surface area contributed by atoms with Crippen molar-refractivity contribution in [3.63, 3.8) is 0 Å². The fourth-order valence-electron chi connectivity index (χ4n) is 1.60. The van der Waals surface area contributed by atoms with Gasteiger partial charge < -0.3 is 9.84 Å². The van der Waals surface area contributed by atoms with Crippen LogP contribution in [0, 0.1) is 5.92 Å². The number of nitrogens with zero attached hydrogens (tertiary/aromatic N) is 3. The number of aryl methyl sites for hydroxylation is 1. The van der Waals surface area contributed by atoms with Crippen LogP contribution in [0.25, 0.3) is 11.4 Å². The molecule has 0 aliphatic rings. The van der Waals surface area contributed by atoms with Crippen LogP contribution in [0.15, 0.2) is 29.0 Å². The second-order valence-electron chi connectivity index (χ2n) is 4.95. The van der Waals surface area contributed by atoms with E-state index in [9.17, 15) is 4.79 Å². The summed E-state index contributed by atoms with van der Waals surface area (Å²) in [6.07, 6.45) is 4.14. The molecule has 0 radical (unpaired) electrons. The van der Waals surface area contributed by atoms with Crippen molar-refractivity contribution in [2.75, 3.05) is 6.54 Å². The smallest absolute Gasteiger partial charge is 0.227 e. The largest absolute Gasteiger partial charge is 0.356 e. The van der Waals surface area contributed by atoms with Gasteiger partial charge in [0.25, 0.3) is 0 Å². The number of hydrogen-bond acceptors (Lipinski definition) is 5. The molecule has 2 aromatic rings. The zero-order chi connectivity index (χ0) is 14.4. The van der Waals surface area contributed by atoms with E-state index >= 15 is 0 Å². The Labute approximate surface area is 117 Å². The van der Waals surface area contributed by atoms with Gasteiger partial charge in [0.15, 0.2) is 0 Å². The summed E-state index contributed by atoms with van der Waals surface area (Å²) < 4.78 is 5.13. The number of hydrogen-bond donors (Lipinski definition) is 1. The molecule has 0 atom stereocenters. The summed E-state index contributed by atoms with van der Waals surface area (Å²) in [5.41, 5.74) is 0.798. The van der Waals surface area contributed by atoms with Gasteiger partial charge >= 0.3 is 0 Å². The van der Waals surface area contributed by atoms with Crippen LogP contribution in [0.5, 0.6) is 0 Å². The molecule has 0 fully saturated rings. The van der Waals surface area contributed by atoms with Gasteiger partial charge in [-0.05, 0) is 18.1 Å². The minimum absolute atomic E-state index is 0.000159. The molecule has 6 nitrogen and oxygen atoms in total. The Morgan fingerprint density at radius 1 is 1.45 bits per heavy atom. The molecule has 0 bridgehead atoms. The molecule has 0 spiro atoms. The first-order valence-corrected chi connectivity index (χ1v) is 6.65. The summed E-state index contributed by atoms with van der Waals surface area (Å²) in [5.74, 6) is 1.40. The maximum Gasteiger partial charge on any atom is 0.227 e. The highest BCUT2D eigenvalue weighted by Gasteiger charge is 2.10. The quantitative estimate of drug-likeness (QED) is 0.869. The third-order valence-corrected chi connectivity index (χ3v) is 2.66. The Bertz CT molecular complexity index is 551. The van der Waals surface area contributed by atoms with E-state index < -0.39 is 0 Å². The van der Waals surface area contributed by atoms with Gasteiger partial charge in [-0.1, -0.05) is 19.0 Å². The third-order valence-electron chi connectivity index (χ3n) is 2.66. The molecule has 106 valence electrons. The lowest BCUT2D eigenvalue weighted by atomic mass is 10.2. The van der Waals surface area contributed by atoms with Crippen LogP contribution in [0.1, 0.15) is 26.2 Å². The minimum atomic E-state index is -0.000159. The van der Waals surface area contributed by atoms with Crippen LogP contribution < -0.4 is 5.32 Å². The van der Waals surface area contributed by atoms with Crippen molar-refractivity contribution in [3.05, 3.63) is 30.4 Å². The van der Waals surface area contributed by atoms with Crippen LogP contribution in [0.4, 0.5) is 0 Å². The minimum Gasteiger partial charge on any atom is -0.356 e. The Morgan fingerprint density at radius 3 is 3.00 bits per heavy atom. The molecule has 0 aliphatic heterocycles. The molecular formula is C14H18N4O2. The predicted octanol–water partition coefficient (Wildman–Crippen LogP) is 1.84. The number of amides is 1. The molecule has 20 heavy (non-hydrogen) atoms. The number of aromatic nitrogens is 3. The fraction of sp³-hybridized carbons (Fsp3) is 0.429. The van der Waals surface area contributed by atoms with Crippen LogP contribution in [-0.2, 0) is 11.2 Å². The summed E-state index contributed by atoms with van der Waals surface area (Å²) in [4.78, 5) is 19.8. The van der Waals surface area contributed by atoms with Crippen molar-refractivity contribution in [1.82, 2.24) is 20.4 Å². The fourth-order valence-corrected chi connectivity index (χ4v) is 1.60. The lowest BCUT2D eigenvalue weighted by Crippen LogP contribution is -2.27. The van der Waals surface area contributed by atoms with E-state index in [0.717, 1.165) is 5.56 Å². The van der Waals surface area contributed by atoms with Crippen molar-refractivity contribution in [2.45, 2.75) is 26.7 Å². The van der Waals surface area contributed by atoms with Crippen LogP contribution >= 0.6 is 0 Å². The van der Waals surface area contributed by atoms with Gasteiger partial charge in [-0.15, -0.1) is 0 Å². The van der Waals surface area contributed by atoms with E-state index in [4.69, 9.17) is 4.52 Å². The highest BCUT2D eigenvalue weighted by molar-refractivity contribution is 5.76. The summed E-state index contributed by atoms with van der Waals surface area (Å²) in [6, 6.07) is 3.67. The molecule has 0 unspecified atom stereocenters. The average Bonchev–Trinajstić information content (AvgIpc) is 2.93. The zero-order valence-electron chi connectivity index (χ0n) is 11.7. The molecule has 0 saturated heterocycles. The summed E-state index contributed by atoms with van der Waals surface area (Å²) in [7, 11) is 0. The lowest BCUT2D eigenvalue weighted by molar-refractivity contribution is -0.121. The molecule has 0 aromatic carbocycles. The number of pyridine rings is 1. The summed E-state index contributed by atoms with van der Waals surface area (Å²) in [6.45, 7) is 4.79. The first-order valence-electron chi connectivity index (χ1n) is 6.65. The Hall–Kier alpha value is -2.24. The summed E-state index contributed by atoms with van der Waals surface area (Å²) >= 11 is 0. The summed E-state index contributed by atoms with van der Waals surface area (Å²) in [5, 5.41) is 6.73. The van der Waals surface area contributed by atoms with Gasteiger partial charge in [-0.2, -0.15) is 4.98 Å². The standard InChI is InChI=1S/C14H18N4O2/c1-10(2)8-16-12(19)5-6-13-17-14(18-20-13)11-4-3-7-15-9-11/h3-4,7,9-10H,5-6,8H2,1-2H3,(H,16,19). The monoisotopic (exact) mass is 274 g/mol. The molecule has 0 saturated carbocycles. The van der Waals surface area contributed by atoms with Crippen LogP contribution in [0.2, 0.25) is 0 Å². The maximum atomic E-state index is 11.6. The number of nitrogens with one attached hydrogen (secondary N) is 1. The number of carbonyl (C=O) groups is 1. The highest BCUT2D eigenvalue weighted by atomic mass is 16.5. The molecule has 0 aliphatic carbocycles. The van der Waals surface area contributed by atoms with E-state index in [0.29, 0.717) is 37.0 Å². The van der Waals surface area contributed by atoms with Gasteiger partial charge in [0.2, 0.25) is 17.6 Å². The Kier molecular flexibility index (Phi) is 4.81. The van der Waals surface area contributed by atoms with Crippen LogP contribution in [0.3, 0.4) is 0 Å². The van der Waals surface area contributed by atoms with E-state index in [1.165, 1.54) is 0 Å². The topological polar surface area (TPSA) is 80.9 Å². The molecule has 2 heterocycles. The van der Waals surface area contributed by atoms with Gasteiger partial charge in [-0.25, -0.2) is 0 Å². The number of carbonyl (C=O) groups excluding carboxylic acids is 1. The van der Waals surface area contributed by atoms with Crippen molar-refractivity contribution in [2.24, 2.45) is 5.92 Å². The molecular weight excluding hydrogens is 256 g/mol. The second-order valence-corrected chi connectivity index (χ2v) is 4.95. The van der Waals surface area contributed by atoms with E-state index in [1.807, 2.05) is 12.1 Å². The van der Waals surface area contributed by atoms with Gasteiger partial charge in [0.05, 0.1) is 0 Å². The van der Waals surface area contributed by atoms with Crippen molar-refractivity contribution < 1.29 is 9.32 Å². The van der Waals surface area contributed by atoms with Gasteiger partial charge in [-0.3, -0.25) is 9.78 Å². The highest BCUT2D eigenvalue weighted by Crippen LogP contribution is 2.14. The first-order chi connectivity index (χ1) is 9.65. The Balaban J connectivity index is 1.86. The second kappa shape index (κ2) is 6.79. The van der Waals surface area contributed by atoms with Gasteiger partial charge in [0, 0.05) is 37.3 Å². The van der Waals surface area contributed by atoms with Crippen LogP contribution in [-0.4, -0.2) is 27.6 Å². The van der Waals surface area contributed by atoms with E-state index in [1.54, 1.807) is 12.4 Å². The zero-order valence-corrected chi connectivity index (χ0v) is 11.7. The normalized spacial score (nSPS) is 10.8. The van der Waals surface area contributed by atoms with E-state index in [-0.39, 0.29) is 5.91 Å². The molecule has 2 rings (SSSR count). The molecule has 6 heteroatoms. The number of rotatable bonds is 6. The Morgan fingerprint density at radius 2 is 2.30 bits per heavy atom. The SMILES string of the molecule is CC(C)CNC(=O)CCc1nc(-c2cccnc2)no1.